The highest BCUT2D eigenvalue weighted by atomic mass is 16.5. The quantitative estimate of drug-likeness (QED) is 0.577. The summed E-state index contributed by atoms with van der Waals surface area (Å²) in [5.41, 5.74) is 1.33. The maximum Gasteiger partial charge on any atom is 0.251 e. The molecular formula is C17H25NO3. The van der Waals surface area contributed by atoms with Gasteiger partial charge in [0.15, 0.2) is 0 Å². The lowest BCUT2D eigenvalue weighted by Gasteiger charge is -2.14. The molecule has 116 valence electrons. The summed E-state index contributed by atoms with van der Waals surface area (Å²) in [4.78, 5) is 12.1. The summed E-state index contributed by atoms with van der Waals surface area (Å²) in [6.07, 6.45) is 4.77. The Labute approximate surface area is 127 Å². The molecule has 1 amide bonds. The number of carbonyl (C=O) groups excluding carboxylic acids is 1. The summed E-state index contributed by atoms with van der Waals surface area (Å²) < 4.78 is 10.9. The molecule has 0 aliphatic rings. The number of anilines is 1. The van der Waals surface area contributed by atoms with E-state index in [1.807, 2.05) is 25.1 Å². The lowest BCUT2D eigenvalue weighted by atomic mass is 10.2. The van der Waals surface area contributed by atoms with Crippen LogP contribution in [0.2, 0.25) is 0 Å². The third-order valence-electron chi connectivity index (χ3n) is 3.06. The number of hydrogen-bond donors (Lipinski definition) is 1. The summed E-state index contributed by atoms with van der Waals surface area (Å²) in [5.74, 6) is 1.23. The molecule has 1 aromatic carbocycles. The summed E-state index contributed by atoms with van der Waals surface area (Å²) in [6.45, 7) is 6.55. The lowest BCUT2D eigenvalue weighted by Crippen LogP contribution is -2.14. The van der Waals surface area contributed by atoms with Gasteiger partial charge >= 0.3 is 0 Å². The van der Waals surface area contributed by atoms with Crippen LogP contribution in [0.15, 0.2) is 29.8 Å². The molecule has 0 aromatic heterocycles. The van der Waals surface area contributed by atoms with Crippen molar-refractivity contribution in [3.05, 3.63) is 29.8 Å². The normalized spacial score (nSPS) is 11.1. The molecule has 0 radical (unpaired) electrons. The number of nitrogens with one attached hydrogen (secondary N) is 1. The number of unbranched alkanes of at least 4 members (excludes halogenated alkanes) is 1. The highest BCUT2D eigenvalue weighted by Gasteiger charge is 2.10. The average Bonchev–Trinajstić information content (AvgIpc) is 2.49. The van der Waals surface area contributed by atoms with Crippen molar-refractivity contribution >= 4 is 11.6 Å². The van der Waals surface area contributed by atoms with Gasteiger partial charge in [-0.05, 0) is 31.9 Å². The van der Waals surface area contributed by atoms with Gasteiger partial charge < -0.3 is 14.8 Å². The van der Waals surface area contributed by atoms with Crippen molar-refractivity contribution in [1.82, 2.24) is 0 Å². The number of methoxy groups -OCH3 is 1. The smallest absolute Gasteiger partial charge is 0.251 e. The molecule has 0 heterocycles. The fourth-order valence-corrected chi connectivity index (χ4v) is 1.81. The van der Waals surface area contributed by atoms with Crippen molar-refractivity contribution in [2.75, 3.05) is 19.0 Å². The van der Waals surface area contributed by atoms with Gasteiger partial charge in [0, 0.05) is 11.6 Å². The number of carbonyl (C=O) groups is 1. The van der Waals surface area contributed by atoms with Crippen molar-refractivity contribution < 1.29 is 14.3 Å². The van der Waals surface area contributed by atoms with Crippen molar-refractivity contribution in [3.63, 3.8) is 0 Å². The molecule has 4 nitrogen and oxygen atoms in total. The molecule has 0 atom stereocenters. The van der Waals surface area contributed by atoms with E-state index in [2.05, 4.69) is 12.2 Å². The minimum absolute atomic E-state index is 0.120. The van der Waals surface area contributed by atoms with E-state index < -0.39 is 0 Å². The second kappa shape index (κ2) is 9.06. The van der Waals surface area contributed by atoms with Gasteiger partial charge in [0.2, 0.25) is 0 Å². The van der Waals surface area contributed by atoms with Crippen molar-refractivity contribution in [2.24, 2.45) is 0 Å². The molecule has 0 bridgehead atoms. The average molecular weight is 291 g/mol. The van der Waals surface area contributed by atoms with Crippen LogP contribution >= 0.6 is 0 Å². The van der Waals surface area contributed by atoms with E-state index >= 15 is 0 Å². The zero-order valence-electron chi connectivity index (χ0n) is 13.4. The number of allylic oxidation sites excluding steroid dienone is 1. The molecular weight excluding hydrogens is 266 g/mol. The highest BCUT2D eigenvalue weighted by Crippen LogP contribution is 2.29. The second-order valence-corrected chi connectivity index (χ2v) is 4.81. The van der Waals surface area contributed by atoms with E-state index in [9.17, 15) is 4.79 Å². The number of ether oxygens (including phenoxy) is 2. The van der Waals surface area contributed by atoms with Crippen LogP contribution in [-0.2, 0) is 4.79 Å². The van der Waals surface area contributed by atoms with E-state index in [0.29, 0.717) is 29.4 Å². The maximum atomic E-state index is 12.1. The molecule has 0 saturated heterocycles. The van der Waals surface area contributed by atoms with Crippen molar-refractivity contribution in [3.8, 4) is 11.5 Å². The van der Waals surface area contributed by atoms with Crippen LogP contribution in [0.3, 0.4) is 0 Å². The van der Waals surface area contributed by atoms with Gasteiger partial charge in [0.05, 0.1) is 19.4 Å². The fourth-order valence-electron chi connectivity index (χ4n) is 1.81. The largest absolute Gasteiger partial charge is 0.497 e. The van der Waals surface area contributed by atoms with Gasteiger partial charge in [0.25, 0.3) is 5.91 Å². The minimum atomic E-state index is -0.120. The Balaban J connectivity index is 2.90. The molecule has 0 aliphatic heterocycles. The van der Waals surface area contributed by atoms with Crippen LogP contribution in [0, 0.1) is 0 Å². The lowest BCUT2D eigenvalue weighted by molar-refractivity contribution is -0.112. The van der Waals surface area contributed by atoms with Crippen molar-refractivity contribution in [2.45, 2.75) is 40.0 Å². The van der Waals surface area contributed by atoms with Crippen LogP contribution in [-0.4, -0.2) is 19.6 Å². The summed E-state index contributed by atoms with van der Waals surface area (Å²) in [7, 11) is 1.60. The fraction of sp³-hybridized carbons (Fsp3) is 0.471. The predicted octanol–water partition coefficient (Wildman–Crippen LogP) is 4.17. The van der Waals surface area contributed by atoms with Crippen LogP contribution in [0.5, 0.6) is 11.5 Å². The number of amides is 1. The van der Waals surface area contributed by atoms with E-state index in [0.717, 1.165) is 19.3 Å². The Morgan fingerprint density at radius 3 is 2.71 bits per heavy atom. The van der Waals surface area contributed by atoms with Crippen LogP contribution in [0.25, 0.3) is 0 Å². The number of benzene rings is 1. The van der Waals surface area contributed by atoms with Gasteiger partial charge in [-0.3, -0.25) is 4.79 Å². The Morgan fingerprint density at radius 1 is 1.33 bits per heavy atom. The third kappa shape index (κ3) is 5.50. The minimum Gasteiger partial charge on any atom is -0.497 e. The third-order valence-corrected chi connectivity index (χ3v) is 3.06. The molecule has 1 aromatic rings. The SMILES string of the molecule is CCC=C(C)C(=O)Nc1cc(OC)ccc1OCCCC. The summed E-state index contributed by atoms with van der Waals surface area (Å²) in [5, 5.41) is 2.88. The molecule has 21 heavy (non-hydrogen) atoms. The predicted molar refractivity (Wildman–Crippen MR) is 86.1 cm³/mol. The molecule has 0 spiro atoms. The van der Waals surface area contributed by atoms with Crippen LogP contribution in [0.4, 0.5) is 5.69 Å². The van der Waals surface area contributed by atoms with Gasteiger partial charge in [0.1, 0.15) is 11.5 Å². The van der Waals surface area contributed by atoms with Gasteiger partial charge in [-0.15, -0.1) is 0 Å². The monoisotopic (exact) mass is 291 g/mol. The van der Waals surface area contributed by atoms with E-state index in [1.165, 1.54) is 0 Å². The molecule has 4 heteroatoms. The topological polar surface area (TPSA) is 47.6 Å². The first-order chi connectivity index (χ1) is 10.1. The van der Waals surface area contributed by atoms with E-state index in [4.69, 9.17) is 9.47 Å². The molecule has 0 unspecified atom stereocenters. The molecule has 0 aliphatic carbocycles. The maximum absolute atomic E-state index is 12.1. The van der Waals surface area contributed by atoms with Crippen LogP contribution in [0.1, 0.15) is 40.0 Å². The number of hydrogen-bond acceptors (Lipinski definition) is 3. The molecule has 1 N–H and O–H groups in total. The zero-order valence-corrected chi connectivity index (χ0v) is 13.4. The highest BCUT2D eigenvalue weighted by molar-refractivity contribution is 6.04. The Morgan fingerprint density at radius 2 is 2.10 bits per heavy atom. The summed E-state index contributed by atoms with van der Waals surface area (Å²) >= 11 is 0. The second-order valence-electron chi connectivity index (χ2n) is 4.81. The van der Waals surface area contributed by atoms with Gasteiger partial charge in [-0.25, -0.2) is 0 Å². The first-order valence-corrected chi connectivity index (χ1v) is 7.41. The standard InChI is InChI=1S/C17H25NO3/c1-5-7-11-21-16-10-9-14(20-4)12-15(16)18-17(19)13(3)8-6-2/h8-10,12H,5-7,11H2,1-4H3,(H,18,19). The van der Waals surface area contributed by atoms with Gasteiger partial charge in [-0.2, -0.15) is 0 Å². The van der Waals surface area contributed by atoms with Crippen LogP contribution < -0.4 is 14.8 Å². The van der Waals surface area contributed by atoms with Crippen molar-refractivity contribution in [1.29, 1.82) is 0 Å². The van der Waals surface area contributed by atoms with E-state index in [1.54, 1.807) is 20.1 Å². The van der Waals surface area contributed by atoms with E-state index in [-0.39, 0.29) is 5.91 Å². The van der Waals surface area contributed by atoms with Gasteiger partial charge in [-0.1, -0.05) is 26.3 Å². The Kier molecular flexibility index (Phi) is 7.37. The molecule has 1 rings (SSSR count). The summed E-state index contributed by atoms with van der Waals surface area (Å²) in [6, 6.07) is 5.42. The molecule has 0 fully saturated rings. The number of rotatable bonds is 8. The Hall–Kier alpha value is -1.97. The Bertz CT molecular complexity index is 495. The first kappa shape index (κ1) is 17.1. The molecule has 0 saturated carbocycles. The first-order valence-electron chi connectivity index (χ1n) is 7.41. The zero-order chi connectivity index (χ0) is 15.7.